The number of phenols is 1. The average molecular weight is 425 g/mol. The van der Waals surface area contributed by atoms with Gasteiger partial charge in [-0.2, -0.15) is 10.4 Å². The number of hydrogen-bond donors (Lipinski definition) is 2. The van der Waals surface area contributed by atoms with Crippen LogP contribution >= 0.6 is 0 Å². The molecule has 0 aliphatic heterocycles. The Morgan fingerprint density at radius 1 is 1.35 bits per heavy atom. The van der Waals surface area contributed by atoms with E-state index in [4.69, 9.17) is 4.74 Å². The predicted octanol–water partition coefficient (Wildman–Crippen LogP) is 1.88. The van der Waals surface area contributed by atoms with Crippen LogP contribution < -0.4 is 15.9 Å². The molecule has 0 unspecified atom stereocenters. The van der Waals surface area contributed by atoms with E-state index >= 15 is 0 Å². The molecule has 0 saturated carbocycles. The number of nitrogens with zero attached hydrogens (tertiary/aromatic N) is 4. The SMILES string of the molecule is CCN(CC)c1ccc(/C=N\NC(=O)Cn2c(C)cc(COC)c(C#N)c2=O)c(O)c1. The summed E-state index contributed by atoms with van der Waals surface area (Å²) in [5.41, 5.74) is 4.07. The zero-order chi connectivity index (χ0) is 23.0. The fourth-order valence-electron chi connectivity index (χ4n) is 3.20. The van der Waals surface area contributed by atoms with E-state index in [0.717, 1.165) is 18.8 Å². The number of aryl methyl sites for hydroxylation is 1. The number of aromatic nitrogens is 1. The number of aromatic hydroxyl groups is 1. The van der Waals surface area contributed by atoms with Crippen LogP contribution in [0, 0.1) is 18.3 Å². The summed E-state index contributed by atoms with van der Waals surface area (Å²) < 4.78 is 6.23. The average Bonchev–Trinajstić information content (AvgIpc) is 2.74. The number of nitrogens with one attached hydrogen (secondary N) is 1. The van der Waals surface area contributed by atoms with Crippen molar-refractivity contribution in [3.8, 4) is 11.8 Å². The molecule has 2 aromatic rings. The largest absolute Gasteiger partial charge is 0.507 e. The number of amides is 1. The summed E-state index contributed by atoms with van der Waals surface area (Å²) in [7, 11) is 1.47. The number of carbonyl (C=O) groups excluding carboxylic acids is 1. The van der Waals surface area contributed by atoms with Crippen molar-refractivity contribution in [1.29, 1.82) is 5.26 Å². The first kappa shape index (κ1) is 23.6. The van der Waals surface area contributed by atoms with Crippen LogP contribution in [0.5, 0.6) is 5.75 Å². The van der Waals surface area contributed by atoms with E-state index in [0.29, 0.717) is 16.8 Å². The molecule has 0 atom stereocenters. The topological polar surface area (TPSA) is 120 Å². The Balaban J connectivity index is 2.12. The number of carbonyl (C=O) groups is 1. The number of hydrazone groups is 1. The molecule has 0 aliphatic carbocycles. The third-order valence-electron chi connectivity index (χ3n) is 4.84. The van der Waals surface area contributed by atoms with Crippen molar-refractivity contribution in [2.45, 2.75) is 33.9 Å². The molecule has 1 aromatic carbocycles. The van der Waals surface area contributed by atoms with E-state index < -0.39 is 11.5 Å². The molecule has 2 rings (SSSR count). The molecule has 1 aromatic heterocycles. The molecule has 0 aliphatic rings. The van der Waals surface area contributed by atoms with Gasteiger partial charge in [0.2, 0.25) is 0 Å². The predicted molar refractivity (Wildman–Crippen MR) is 118 cm³/mol. The lowest BCUT2D eigenvalue weighted by molar-refractivity contribution is -0.121. The Labute approximate surface area is 181 Å². The van der Waals surface area contributed by atoms with Crippen LogP contribution in [0.1, 0.15) is 36.2 Å². The monoisotopic (exact) mass is 425 g/mol. The molecule has 0 bridgehead atoms. The van der Waals surface area contributed by atoms with Crippen LogP contribution in [0.4, 0.5) is 5.69 Å². The Kier molecular flexibility index (Phi) is 8.34. The molecule has 164 valence electrons. The fraction of sp³-hybridized carbons (Fsp3) is 0.364. The zero-order valence-corrected chi connectivity index (χ0v) is 18.2. The molecule has 0 radical (unpaired) electrons. The van der Waals surface area contributed by atoms with Gasteiger partial charge in [-0.25, -0.2) is 5.43 Å². The highest BCUT2D eigenvalue weighted by Gasteiger charge is 2.15. The quantitative estimate of drug-likeness (QED) is 0.468. The highest BCUT2D eigenvalue weighted by atomic mass is 16.5. The lowest BCUT2D eigenvalue weighted by Crippen LogP contribution is -2.33. The van der Waals surface area contributed by atoms with Crippen molar-refractivity contribution >= 4 is 17.8 Å². The van der Waals surface area contributed by atoms with Crippen LogP contribution in [0.25, 0.3) is 0 Å². The normalized spacial score (nSPS) is 10.8. The summed E-state index contributed by atoms with van der Waals surface area (Å²) >= 11 is 0. The second-order valence-corrected chi connectivity index (χ2v) is 6.83. The maximum absolute atomic E-state index is 12.6. The molecular weight excluding hydrogens is 398 g/mol. The molecule has 9 heteroatoms. The summed E-state index contributed by atoms with van der Waals surface area (Å²) in [4.78, 5) is 26.9. The second kappa shape index (κ2) is 10.9. The van der Waals surface area contributed by atoms with Gasteiger partial charge in [0.05, 0.1) is 12.8 Å². The van der Waals surface area contributed by atoms with Gasteiger partial charge in [-0.15, -0.1) is 0 Å². The second-order valence-electron chi connectivity index (χ2n) is 6.83. The van der Waals surface area contributed by atoms with Gasteiger partial charge in [-0.05, 0) is 39.0 Å². The van der Waals surface area contributed by atoms with Crippen molar-refractivity contribution in [3.05, 3.63) is 57.0 Å². The first-order chi connectivity index (χ1) is 14.9. The van der Waals surface area contributed by atoms with Crippen LogP contribution in [0.2, 0.25) is 0 Å². The number of rotatable bonds is 9. The van der Waals surface area contributed by atoms with Crippen molar-refractivity contribution in [2.24, 2.45) is 5.10 Å². The molecule has 2 N–H and O–H groups in total. The van der Waals surface area contributed by atoms with Crippen LogP contribution in [-0.2, 0) is 22.7 Å². The molecule has 1 amide bonds. The minimum atomic E-state index is -0.557. The van der Waals surface area contributed by atoms with Gasteiger partial charge in [0.15, 0.2) is 0 Å². The van der Waals surface area contributed by atoms with Crippen LogP contribution in [0.3, 0.4) is 0 Å². The van der Waals surface area contributed by atoms with E-state index in [1.807, 2.05) is 26.0 Å². The van der Waals surface area contributed by atoms with E-state index in [-0.39, 0.29) is 24.5 Å². The number of anilines is 1. The van der Waals surface area contributed by atoms with E-state index in [2.05, 4.69) is 15.4 Å². The first-order valence-corrected chi connectivity index (χ1v) is 9.88. The number of nitriles is 1. The lowest BCUT2D eigenvalue weighted by Gasteiger charge is -2.21. The molecule has 9 nitrogen and oxygen atoms in total. The minimum absolute atomic E-state index is 0.0434. The van der Waals surface area contributed by atoms with E-state index in [1.54, 1.807) is 25.1 Å². The third-order valence-corrected chi connectivity index (χ3v) is 4.84. The van der Waals surface area contributed by atoms with Crippen LogP contribution in [0.15, 0.2) is 34.2 Å². The van der Waals surface area contributed by atoms with Gasteiger partial charge in [0.25, 0.3) is 11.5 Å². The molecule has 0 fully saturated rings. The van der Waals surface area contributed by atoms with Gasteiger partial charge >= 0.3 is 0 Å². The number of hydrogen-bond acceptors (Lipinski definition) is 7. The van der Waals surface area contributed by atoms with Gasteiger partial charge in [-0.1, -0.05) is 0 Å². The van der Waals surface area contributed by atoms with Gasteiger partial charge in [0.1, 0.15) is 23.9 Å². The number of methoxy groups -OCH3 is 1. The van der Waals surface area contributed by atoms with Crippen molar-refractivity contribution in [1.82, 2.24) is 9.99 Å². The number of phenolic OH excluding ortho intramolecular Hbond substituents is 1. The first-order valence-electron chi connectivity index (χ1n) is 9.88. The van der Waals surface area contributed by atoms with Crippen LogP contribution in [-0.4, -0.2) is 42.0 Å². The molecular formula is C22H27N5O4. The van der Waals surface area contributed by atoms with Gasteiger partial charge in [0, 0.05) is 48.8 Å². The maximum atomic E-state index is 12.6. The molecule has 0 saturated heterocycles. The number of ether oxygens (including phenoxy) is 1. The standard InChI is InChI=1S/C22H27N5O4/c1-5-26(6-2)18-8-7-16(20(28)10-18)12-24-25-21(29)13-27-15(3)9-17(14-31-4)19(11-23)22(27)30/h7-10,12,28H,5-6,13-14H2,1-4H3,(H,25,29)/b24-12-. The Hall–Kier alpha value is -3.64. The summed E-state index contributed by atoms with van der Waals surface area (Å²) in [5.74, 6) is -0.495. The molecule has 31 heavy (non-hydrogen) atoms. The Morgan fingerprint density at radius 2 is 2.06 bits per heavy atom. The van der Waals surface area contributed by atoms with Crippen molar-refractivity contribution < 1.29 is 14.6 Å². The summed E-state index contributed by atoms with van der Waals surface area (Å²) in [5, 5.41) is 23.4. The third kappa shape index (κ3) is 5.71. The zero-order valence-electron chi connectivity index (χ0n) is 18.2. The minimum Gasteiger partial charge on any atom is -0.507 e. The van der Waals surface area contributed by atoms with Gasteiger partial charge in [-0.3, -0.25) is 9.59 Å². The molecule has 1 heterocycles. The maximum Gasteiger partial charge on any atom is 0.269 e. The van der Waals surface area contributed by atoms with E-state index in [9.17, 15) is 20.0 Å². The lowest BCUT2D eigenvalue weighted by atomic mass is 10.1. The van der Waals surface area contributed by atoms with E-state index in [1.165, 1.54) is 17.9 Å². The van der Waals surface area contributed by atoms with Crippen molar-refractivity contribution in [2.75, 3.05) is 25.1 Å². The summed E-state index contributed by atoms with van der Waals surface area (Å²) in [6.07, 6.45) is 1.33. The van der Waals surface area contributed by atoms with Gasteiger partial charge < -0.3 is 19.3 Å². The summed E-state index contributed by atoms with van der Waals surface area (Å²) in [6, 6.07) is 8.74. The number of benzene rings is 1. The highest BCUT2D eigenvalue weighted by Crippen LogP contribution is 2.23. The molecule has 0 spiro atoms. The fourth-order valence-corrected chi connectivity index (χ4v) is 3.20. The van der Waals surface area contributed by atoms with Crippen molar-refractivity contribution in [3.63, 3.8) is 0 Å². The Morgan fingerprint density at radius 3 is 2.65 bits per heavy atom. The Bertz CT molecular complexity index is 1060. The smallest absolute Gasteiger partial charge is 0.269 e. The summed E-state index contributed by atoms with van der Waals surface area (Å²) in [6.45, 7) is 7.21. The number of pyridine rings is 1. The highest BCUT2D eigenvalue weighted by molar-refractivity contribution is 5.86.